The fraction of sp³-hybridized carbons (Fsp3) is 0.350. The zero-order chi connectivity index (χ0) is 17.9. The Morgan fingerprint density at radius 3 is 2.69 bits per heavy atom. The fourth-order valence-electron chi connectivity index (χ4n) is 2.88. The number of aromatic nitrogens is 4. The molecule has 0 spiro atoms. The number of benzene rings is 1. The zero-order valence-corrected chi connectivity index (χ0v) is 15.9. The highest BCUT2D eigenvalue weighted by Gasteiger charge is 2.30. The Balaban J connectivity index is 1.42. The lowest BCUT2D eigenvalue weighted by molar-refractivity contribution is 0.341. The number of ether oxygens (including phenoxy) is 1. The number of hydrogen-bond donors (Lipinski definition) is 0. The molecule has 0 unspecified atom stereocenters. The van der Waals surface area contributed by atoms with Crippen LogP contribution in [0.4, 0.5) is 0 Å². The molecule has 1 saturated carbocycles. The van der Waals surface area contributed by atoms with E-state index in [0.717, 1.165) is 28.0 Å². The van der Waals surface area contributed by atoms with Crippen LogP contribution in [0.3, 0.4) is 0 Å². The number of pyridine rings is 1. The second-order valence-corrected chi connectivity index (χ2v) is 7.67. The second-order valence-electron chi connectivity index (χ2n) is 6.61. The molecule has 0 radical (unpaired) electrons. The summed E-state index contributed by atoms with van der Waals surface area (Å²) in [6.45, 7) is 4.81. The van der Waals surface area contributed by atoms with E-state index in [1.54, 1.807) is 24.2 Å². The maximum atomic E-state index is 5.96. The summed E-state index contributed by atoms with van der Waals surface area (Å²) < 4.78 is 8.24. The van der Waals surface area contributed by atoms with Crippen molar-refractivity contribution in [3.8, 4) is 17.1 Å². The van der Waals surface area contributed by atoms with E-state index in [2.05, 4.69) is 51.8 Å². The maximum absolute atomic E-state index is 5.96. The molecule has 3 aromatic rings. The van der Waals surface area contributed by atoms with Gasteiger partial charge in [0.05, 0.1) is 6.61 Å². The molecule has 5 nitrogen and oxygen atoms in total. The average Bonchev–Trinajstić information content (AvgIpc) is 3.41. The number of nitrogens with zero attached hydrogens (tertiary/aromatic N) is 4. The monoisotopic (exact) mass is 366 g/mol. The van der Waals surface area contributed by atoms with Gasteiger partial charge in [0.2, 0.25) is 0 Å². The summed E-state index contributed by atoms with van der Waals surface area (Å²) in [6.07, 6.45) is 5.99. The predicted octanol–water partition coefficient (Wildman–Crippen LogP) is 4.46. The lowest BCUT2D eigenvalue weighted by Gasteiger charge is -2.11. The number of rotatable bonds is 7. The van der Waals surface area contributed by atoms with E-state index in [4.69, 9.17) is 4.74 Å². The van der Waals surface area contributed by atoms with E-state index in [-0.39, 0.29) is 0 Å². The minimum absolute atomic E-state index is 0.524. The summed E-state index contributed by atoms with van der Waals surface area (Å²) in [6, 6.07) is 10.8. The average molecular weight is 366 g/mol. The molecule has 1 aliphatic carbocycles. The Kier molecular flexibility index (Phi) is 4.93. The summed E-state index contributed by atoms with van der Waals surface area (Å²) in [5, 5.41) is 9.84. The fourth-order valence-corrected chi connectivity index (χ4v) is 3.70. The van der Waals surface area contributed by atoms with Crippen LogP contribution in [0.2, 0.25) is 0 Å². The molecular weight excluding hydrogens is 344 g/mol. The van der Waals surface area contributed by atoms with Crippen molar-refractivity contribution in [1.82, 2.24) is 19.7 Å². The Hall–Kier alpha value is -2.34. The second kappa shape index (κ2) is 7.50. The first-order valence-electron chi connectivity index (χ1n) is 8.90. The molecule has 134 valence electrons. The van der Waals surface area contributed by atoms with Crippen molar-refractivity contribution in [2.24, 2.45) is 0 Å². The van der Waals surface area contributed by atoms with Gasteiger partial charge >= 0.3 is 0 Å². The smallest absolute Gasteiger partial charge is 0.191 e. The number of hydrogen-bond acceptors (Lipinski definition) is 5. The van der Waals surface area contributed by atoms with Crippen LogP contribution < -0.4 is 4.74 Å². The van der Waals surface area contributed by atoms with Crippen molar-refractivity contribution in [1.29, 1.82) is 0 Å². The van der Waals surface area contributed by atoms with E-state index in [0.29, 0.717) is 12.6 Å². The molecule has 1 fully saturated rings. The van der Waals surface area contributed by atoms with Gasteiger partial charge < -0.3 is 4.74 Å². The number of aryl methyl sites for hydroxylation is 2. The van der Waals surface area contributed by atoms with Gasteiger partial charge in [0.25, 0.3) is 0 Å². The molecule has 1 aliphatic rings. The molecule has 0 bridgehead atoms. The number of thioether (sulfide) groups is 1. The van der Waals surface area contributed by atoms with Gasteiger partial charge in [0.15, 0.2) is 11.0 Å². The third-order valence-electron chi connectivity index (χ3n) is 4.43. The van der Waals surface area contributed by atoms with E-state index in [1.165, 1.54) is 24.0 Å². The molecule has 0 aliphatic heterocycles. The SMILES string of the molecule is Cc1ccc(C)c(OCCSc2nnc(-c3ccncc3)n2C2CC2)c1. The van der Waals surface area contributed by atoms with Crippen LogP contribution >= 0.6 is 11.8 Å². The maximum Gasteiger partial charge on any atom is 0.191 e. The Labute approximate surface area is 157 Å². The Bertz CT molecular complexity index is 890. The van der Waals surface area contributed by atoms with Crippen LogP contribution in [0, 0.1) is 13.8 Å². The van der Waals surface area contributed by atoms with E-state index in [1.807, 2.05) is 12.1 Å². The van der Waals surface area contributed by atoms with Gasteiger partial charge in [-0.15, -0.1) is 10.2 Å². The normalized spacial score (nSPS) is 13.8. The molecule has 0 N–H and O–H groups in total. The highest BCUT2D eigenvalue weighted by atomic mass is 32.2. The highest BCUT2D eigenvalue weighted by Crippen LogP contribution is 2.40. The zero-order valence-electron chi connectivity index (χ0n) is 15.1. The predicted molar refractivity (Wildman–Crippen MR) is 104 cm³/mol. The molecule has 4 rings (SSSR count). The minimum atomic E-state index is 0.524. The first-order chi connectivity index (χ1) is 12.7. The van der Waals surface area contributed by atoms with Crippen molar-refractivity contribution in [2.75, 3.05) is 12.4 Å². The Morgan fingerprint density at radius 1 is 1.12 bits per heavy atom. The first kappa shape index (κ1) is 17.1. The molecule has 6 heteroatoms. The standard InChI is InChI=1S/C20H22N4OS/c1-14-3-4-15(2)18(13-14)25-11-12-26-20-23-22-19(24(20)17-5-6-17)16-7-9-21-10-8-16/h3-4,7-10,13,17H,5-6,11-12H2,1-2H3. The topological polar surface area (TPSA) is 52.8 Å². The molecule has 0 atom stereocenters. The van der Waals surface area contributed by atoms with Crippen LogP contribution in [-0.2, 0) is 0 Å². The van der Waals surface area contributed by atoms with Crippen LogP contribution in [0.5, 0.6) is 5.75 Å². The summed E-state index contributed by atoms with van der Waals surface area (Å²) in [4.78, 5) is 4.09. The van der Waals surface area contributed by atoms with Crippen LogP contribution in [0.1, 0.15) is 30.0 Å². The van der Waals surface area contributed by atoms with Gasteiger partial charge in [-0.2, -0.15) is 0 Å². The molecule has 0 saturated heterocycles. The minimum Gasteiger partial charge on any atom is -0.492 e. The Morgan fingerprint density at radius 2 is 1.92 bits per heavy atom. The van der Waals surface area contributed by atoms with Crippen molar-refractivity contribution in [3.63, 3.8) is 0 Å². The molecule has 26 heavy (non-hydrogen) atoms. The lowest BCUT2D eigenvalue weighted by atomic mass is 10.1. The van der Waals surface area contributed by atoms with Gasteiger partial charge in [-0.25, -0.2) is 0 Å². The van der Waals surface area contributed by atoms with Gasteiger partial charge in [-0.1, -0.05) is 23.9 Å². The van der Waals surface area contributed by atoms with Gasteiger partial charge in [0, 0.05) is 29.8 Å². The van der Waals surface area contributed by atoms with E-state index in [9.17, 15) is 0 Å². The summed E-state index contributed by atoms with van der Waals surface area (Å²) >= 11 is 1.71. The van der Waals surface area contributed by atoms with Crippen molar-refractivity contribution in [2.45, 2.75) is 37.9 Å². The summed E-state index contributed by atoms with van der Waals surface area (Å²) in [5.74, 6) is 2.74. The van der Waals surface area contributed by atoms with E-state index < -0.39 is 0 Å². The summed E-state index contributed by atoms with van der Waals surface area (Å²) in [5.41, 5.74) is 3.45. The lowest BCUT2D eigenvalue weighted by Crippen LogP contribution is -2.04. The first-order valence-corrected chi connectivity index (χ1v) is 9.89. The van der Waals surface area contributed by atoms with Gasteiger partial charge in [-0.05, 0) is 56.0 Å². The molecule has 0 amide bonds. The largest absolute Gasteiger partial charge is 0.492 e. The third kappa shape index (κ3) is 3.75. The van der Waals surface area contributed by atoms with Crippen LogP contribution in [0.25, 0.3) is 11.4 Å². The van der Waals surface area contributed by atoms with Crippen molar-refractivity contribution in [3.05, 3.63) is 53.9 Å². The summed E-state index contributed by atoms with van der Waals surface area (Å²) in [7, 11) is 0. The van der Waals surface area contributed by atoms with Gasteiger partial charge in [-0.3, -0.25) is 9.55 Å². The van der Waals surface area contributed by atoms with E-state index >= 15 is 0 Å². The highest BCUT2D eigenvalue weighted by molar-refractivity contribution is 7.99. The van der Waals surface area contributed by atoms with Gasteiger partial charge in [0.1, 0.15) is 5.75 Å². The van der Waals surface area contributed by atoms with Crippen LogP contribution in [0.15, 0.2) is 47.9 Å². The third-order valence-corrected chi connectivity index (χ3v) is 5.34. The molecular formula is C20H22N4OS. The van der Waals surface area contributed by atoms with Crippen molar-refractivity contribution >= 4 is 11.8 Å². The molecule has 1 aromatic carbocycles. The quantitative estimate of drug-likeness (QED) is 0.456. The molecule has 2 heterocycles. The van der Waals surface area contributed by atoms with Crippen LogP contribution in [-0.4, -0.2) is 32.1 Å². The molecule has 2 aromatic heterocycles. The van der Waals surface area contributed by atoms with Crippen molar-refractivity contribution < 1.29 is 4.74 Å².